The summed E-state index contributed by atoms with van der Waals surface area (Å²) in [5.41, 5.74) is 0.452. The van der Waals surface area contributed by atoms with E-state index < -0.39 is 5.60 Å². The van der Waals surface area contributed by atoms with Crippen molar-refractivity contribution in [2.24, 2.45) is 0 Å². The van der Waals surface area contributed by atoms with Gasteiger partial charge in [-0.25, -0.2) is 0 Å². The van der Waals surface area contributed by atoms with Crippen LogP contribution in [0, 0.1) is 0 Å². The first kappa shape index (κ1) is 10.7. The first-order valence-electron chi connectivity index (χ1n) is 5.89. The van der Waals surface area contributed by atoms with Crippen LogP contribution in [0.2, 0.25) is 0 Å². The number of methoxy groups -OCH3 is 1. The van der Waals surface area contributed by atoms with Gasteiger partial charge in [0.2, 0.25) is 0 Å². The third kappa shape index (κ3) is 2.05. The van der Waals surface area contributed by atoms with E-state index in [1.807, 2.05) is 12.1 Å². The Labute approximate surface area is 100 Å². The van der Waals surface area contributed by atoms with Crippen LogP contribution < -0.4 is 14.2 Å². The highest BCUT2D eigenvalue weighted by Crippen LogP contribution is 2.43. The maximum absolute atomic E-state index is 9.98. The van der Waals surface area contributed by atoms with Crippen molar-refractivity contribution >= 4 is 0 Å². The van der Waals surface area contributed by atoms with Gasteiger partial charge in [0.05, 0.1) is 12.7 Å². The van der Waals surface area contributed by atoms with Crippen LogP contribution in [0.1, 0.15) is 18.4 Å². The van der Waals surface area contributed by atoms with Crippen LogP contribution in [0.5, 0.6) is 17.2 Å². The number of rotatable bonds is 3. The van der Waals surface area contributed by atoms with Gasteiger partial charge in [0.15, 0.2) is 11.5 Å². The van der Waals surface area contributed by atoms with Crippen LogP contribution in [-0.2, 0) is 6.42 Å². The van der Waals surface area contributed by atoms with Gasteiger partial charge < -0.3 is 19.3 Å². The van der Waals surface area contributed by atoms with E-state index in [4.69, 9.17) is 14.2 Å². The van der Waals surface area contributed by atoms with E-state index >= 15 is 0 Å². The molecule has 1 N–H and O–H groups in total. The molecule has 1 aromatic carbocycles. The van der Waals surface area contributed by atoms with Crippen molar-refractivity contribution in [3.63, 3.8) is 0 Å². The summed E-state index contributed by atoms with van der Waals surface area (Å²) >= 11 is 0. The molecule has 0 atom stereocenters. The molecule has 0 saturated heterocycles. The highest BCUT2D eigenvalue weighted by Gasteiger charge is 2.41. The second-order valence-corrected chi connectivity index (χ2v) is 4.71. The number of ether oxygens (including phenoxy) is 3. The zero-order valence-electron chi connectivity index (χ0n) is 9.86. The van der Waals surface area contributed by atoms with Crippen LogP contribution in [0.4, 0.5) is 0 Å². The standard InChI is InChI=1S/C13H16O4/c1-15-10-7-12-11(16-4-5-17-12)6-9(10)8-13(14)2-3-13/h6-7,14H,2-5,8H2,1H3. The third-order valence-corrected chi connectivity index (χ3v) is 3.29. The van der Waals surface area contributed by atoms with Crippen molar-refractivity contribution in [3.05, 3.63) is 17.7 Å². The molecule has 0 bridgehead atoms. The molecule has 0 unspecified atom stereocenters. The SMILES string of the molecule is COc1cc2c(cc1CC1(O)CC1)OCCO2. The van der Waals surface area contributed by atoms with E-state index in [0.717, 1.165) is 35.7 Å². The van der Waals surface area contributed by atoms with Crippen molar-refractivity contribution in [2.45, 2.75) is 24.9 Å². The highest BCUT2D eigenvalue weighted by molar-refractivity contribution is 5.52. The monoisotopic (exact) mass is 236 g/mol. The maximum Gasteiger partial charge on any atom is 0.165 e. The Bertz CT molecular complexity index is 437. The Kier molecular flexibility index (Phi) is 2.40. The van der Waals surface area contributed by atoms with Gasteiger partial charge in [0.1, 0.15) is 19.0 Å². The minimum absolute atomic E-state index is 0.531. The summed E-state index contributed by atoms with van der Waals surface area (Å²) in [7, 11) is 1.63. The largest absolute Gasteiger partial charge is 0.496 e. The van der Waals surface area contributed by atoms with Crippen LogP contribution >= 0.6 is 0 Å². The van der Waals surface area contributed by atoms with Crippen LogP contribution in [0.3, 0.4) is 0 Å². The van der Waals surface area contributed by atoms with E-state index in [0.29, 0.717) is 19.6 Å². The second kappa shape index (κ2) is 3.81. The zero-order chi connectivity index (χ0) is 11.9. The summed E-state index contributed by atoms with van der Waals surface area (Å²) in [6, 6.07) is 3.76. The van der Waals surface area contributed by atoms with Crippen molar-refractivity contribution in [2.75, 3.05) is 20.3 Å². The lowest BCUT2D eigenvalue weighted by atomic mass is 10.0. The normalized spacial score (nSPS) is 19.9. The maximum atomic E-state index is 9.98. The number of hydrogen-bond acceptors (Lipinski definition) is 4. The first-order valence-corrected chi connectivity index (χ1v) is 5.89. The molecule has 4 heteroatoms. The molecule has 0 spiro atoms. The Morgan fingerprint density at radius 3 is 2.47 bits per heavy atom. The lowest BCUT2D eigenvalue weighted by Gasteiger charge is -2.21. The van der Waals surface area contributed by atoms with Crippen LogP contribution in [0.15, 0.2) is 12.1 Å². The number of hydrogen-bond donors (Lipinski definition) is 1. The predicted molar refractivity (Wildman–Crippen MR) is 61.9 cm³/mol. The van der Waals surface area contributed by atoms with Crippen molar-refractivity contribution in [3.8, 4) is 17.2 Å². The van der Waals surface area contributed by atoms with Gasteiger partial charge in [-0.3, -0.25) is 0 Å². The lowest BCUT2D eigenvalue weighted by Crippen LogP contribution is -2.17. The fraction of sp³-hybridized carbons (Fsp3) is 0.538. The van der Waals surface area contributed by atoms with E-state index in [1.165, 1.54) is 0 Å². The second-order valence-electron chi connectivity index (χ2n) is 4.71. The first-order chi connectivity index (χ1) is 8.20. The smallest absolute Gasteiger partial charge is 0.165 e. The van der Waals surface area contributed by atoms with Crippen LogP contribution in [0.25, 0.3) is 0 Å². The van der Waals surface area contributed by atoms with Gasteiger partial charge in [-0.15, -0.1) is 0 Å². The molecular formula is C13H16O4. The topological polar surface area (TPSA) is 47.9 Å². The minimum atomic E-state index is -0.531. The molecule has 1 fully saturated rings. The fourth-order valence-corrected chi connectivity index (χ4v) is 2.12. The van der Waals surface area contributed by atoms with Gasteiger partial charge in [-0.2, -0.15) is 0 Å². The van der Waals surface area contributed by atoms with Gasteiger partial charge in [0, 0.05) is 18.1 Å². The fourth-order valence-electron chi connectivity index (χ4n) is 2.12. The molecule has 92 valence electrons. The quantitative estimate of drug-likeness (QED) is 0.864. The zero-order valence-corrected chi connectivity index (χ0v) is 9.86. The molecule has 17 heavy (non-hydrogen) atoms. The Balaban J connectivity index is 1.94. The summed E-state index contributed by atoms with van der Waals surface area (Å²) < 4.78 is 16.4. The van der Waals surface area contributed by atoms with Crippen molar-refractivity contribution < 1.29 is 19.3 Å². The van der Waals surface area contributed by atoms with E-state index in [1.54, 1.807) is 7.11 Å². The lowest BCUT2D eigenvalue weighted by molar-refractivity contribution is 0.148. The third-order valence-electron chi connectivity index (χ3n) is 3.29. The van der Waals surface area contributed by atoms with Gasteiger partial charge in [-0.1, -0.05) is 0 Å². The molecular weight excluding hydrogens is 220 g/mol. The average molecular weight is 236 g/mol. The summed E-state index contributed by atoms with van der Waals surface area (Å²) in [6.45, 7) is 1.14. The Morgan fingerprint density at radius 2 is 1.88 bits per heavy atom. The molecule has 1 aliphatic carbocycles. The molecule has 0 aromatic heterocycles. The minimum Gasteiger partial charge on any atom is -0.496 e. The molecule has 0 amide bonds. The summed E-state index contributed by atoms with van der Waals surface area (Å²) in [5, 5.41) is 9.98. The number of aliphatic hydroxyl groups is 1. The molecule has 0 radical (unpaired) electrons. The summed E-state index contributed by atoms with van der Waals surface area (Å²) in [5.74, 6) is 2.23. The molecule has 3 rings (SSSR count). The Hall–Kier alpha value is -1.42. The van der Waals surface area contributed by atoms with Gasteiger partial charge in [-0.05, 0) is 18.9 Å². The van der Waals surface area contributed by atoms with Gasteiger partial charge in [0.25, 0.3) is 0 Å². The molecule has 4 nitrogen and oxygen atoms in total. The molecule has 1 aliphatic heterocycles. The van der Waals surface area contributed by atoms with E-state index in [9.17, 15) is 5.11 Å². The summed E-state index contributed by atoms with van der Waals surface area (Å²) in [4.78, 5) is 0. The van der Waals surface area contributed by atoms with Crippen molar-refractivity contribution in [1.82, 2.24) is 0 Å². The Morgan fingerprint density at radius 1 is 1.24 bits per heavy atom. The average Bonchev–Trinajstić information content (AvgIpc) is 3.06. The number of fused-ring (bicyclic) bond motifs is 1. The highest BCUT2D eigenvalue weighted by atomic mass is 16.6. The van der Waals surface area contributed by atoms with E-state index in [2.05, 4.69) is 0 Å². The predicted octanol–water partition coefficient (Wildman–Crippen LogP) is 1.53. The molecule has 1 aromatic rings. The number of benzene rings is 1. The van der Waals surface area contributed by atoms with E-state index in [-0.39, 0.29) is 0 Å². The molecule has 1 saturated carbocycles. The molecule has 2 aliphatic rings. The van der Waals surface area contributed by atoms with Crippen molar-refractivity contribution in [1.29, 1.82) is 0 Å². The van der Waals surface area contributed by atoms with Gasteiger partial charge >= 0.3 is 0 Å². The molecule has 1 heterocycles. The summed E-state index contributed by atoms with van der Waals surface area (Å²) in [6.07, 6.45) is 2.35. The van der Waals surface area contributed by atoms with Crippen LogP contribution in [-0.4, -0.2) is 31.0 Å².